The van der Waals surface area contributed by atoms with Crippen LogP contribution in [-0.4, -0.2) is 59.1 Å². The van der Waals surface area contributed by atoms with Crippen LogP contribution in [0.4, 0.5) is 0 Å². The smallest absolute Gasteiger partial charge is 0.219 e. The lowest BCUT2D eigenvalue weighted by Crippen LogP contribution is -2.49. The van der Waals surface area contributed by atoms with Crippen LogP contribution in [0.2, 0.25) is 0 Å². The van der Waals surface area contributed by atoms with Gasteiger partial charge in [-0.05, 0) is 32.2 Å². The Kier molecular flexibility index (Phi) is 4.40. The lowest BCUT2D eigenvalue weighted by Gasteiger charge is -2.38. The van der Waals surface area contributed by atoms with Crippen LogP contribution < -0.4 is 0 Å². The SMILES string of the molecule is CC(=O)N(CC1CCCCN1CCO)C1CC1. The molecule has 0 aromatic carbocycles. The molecule has 1 saturated carbocycles. The van der Waals surface area contributed by atoms with Gasteiger partial charge in [-0.25, -0.2) is 0 Å². The van der Waals surface area contributed by atoms with E-state index in [4.69, 9.17) is 5.11 Å². The minimum absolute atomic E-state index is 0.210. The third-order valence-electron chi connectivity index (χ3n) is 3.94. The maximum atomic E-state index is 11.6. The van der Waals surface area contributed by atoms with E-state index in [-0.39, 0.29) is 12.5 Å². The van der Waals surface area contributed by atoms with Gasteiger partial charge in [0, 0.05) is 32.1 Å². The molecule has 1 atom stereocenters. The molecule has 0 radical (unpaired) electrons. The molecule has 1 aliphatic heterocycles. The van der Waals surface area contributed by atoms with Crippen molar-refractivity contribution in [1.29, 1.82) is 0 Å². The Labute approximate surface area is 104 Å². The largest absolute Gasteiger partial charge is 0.395 e. The van der Waals surface area contributed by atoms with E-state index in [1.807, 2.05) is 4.90 Å². The second-order valence-corrected chi connectivity index (χ2v) is 5.31. The molecule has 4 heteroatoms. The second kappa shape index (κ2) is 5.83. The topological polar surface area (TPSA) is 43.8 Å². The molecule has 2 rings (SSSR count). The van der Waals surface area contributed by atoms with Crippen molar-refractivity contribution in [2.75, 3.05) is 26.2 Å². The average molecular weight is 240 g/mol. The van der Waals surface area contributed by atoms with Crippen molar-refractivity contribution in [2.45, 2.75) is 51.1 Å². The summed E-state index contributed by atoms with van der Waals surface area (Å²) in [5.41, 5.74) is 0. The van der Waals surface area contributed by atoms with Crippen molar-refractivity contribution in [3.05, 3.63) is 0 Å². The van der Waals surface area contributed by atoms with Gasteiger partial charge in [0.25, 0.3) is 0 Å². The van der Waals surface area contributed by atoms with Crippen LogP contribution in [0.1, 0.15) is 39.0 Å². The molecule has 1 heterocycles. The third-order valence-corrected chi connectivity index (χ3v) is 3.94. The molecule has 1 unspecified atom stereocenters. The summed E-state index contributed by atoms with van der Waals surface area (Å²) >= 11 is 0. The summed E-state index contributed by atoms with van der Waals surface area (Å²) in [4.78, 5) is 16.0. The highest BCUT2D eigenvalue weighted by molar-refractivity contribution is 5.74. The standard InChI is InChI=1S/C13H24N2O2/c1-11(17)15(12-5-6-12)10-13-4-2-3-7-14(13)8-9-16/h12-13,16H,2-10H2,1H3. The van der Waals surface area contributed by atoms with E-state index in [1.165, 1.54) is 25.7 Å². The zero-order chi connectivity index (χ0) is 12.3. The number of aliphatic hydroxyl groups is 1. The Morgan fingerprint density at radius 3 is 2.71 bits per heavy atom. The highest BCUT2D eigenvalue weighted by Gasteiger charge is 2.34. The molecule has 4 nitrogen and oxygen atoms in total. The van der Waals surface area contributed by atoms with Gasteiger partial charge < -0.3 is 10.0 Å². The molecule has 2 aliphatic rings. The number of β-amino-alcohol motifs (C(OH)–C–C–N with tert-alkyl or cyclic N) is 1. The molecule has 1 saturated heterocycles. The number of carbonyl (C=O) groups excluding carboxylic acids is 1. The molecular weight excluding hydrogens is 216 g/mol. The first kappa shape index (κ1) is 12.8. The van der Waals surface area contributed by atoms with E-state index < -0.39 is 0 Å². The fourth-order valence-corrected chi connectivity index (χ4v) is 2.84. The minimum atomic E-state index is 0.210. The number of aliphatic hydroxyl groups excluding tert-OH is 1. The zero-order valence-electron chi connectivity index (χ0n) is 10.8. The van der Waals surface area contributed by atoms with Crippen LogP contribution >= 0.6 is 0 Å². The number of rotatable bonds is 5. The lowest BCUT2D eigenvalue weighted by molar-refractivity contribution is -0.130. The first-order chi connectivity index (χ1) is 8.22. The van der Waals surface area contributed by atoms with E-state index >= 15 is 0 Å². The number of carbonyl (C=O) groups is 1. The molecular formula is C13H24N2O2. The van der Waals surface area contributed by atoms with Gasteiger partial charge in [-0.3, -0.25) is 9.69 Å². The van der Waals surface area contributed by atoms with Gasteiger partial charge in [0.1, 0.15) is 0 Å². The molecule has 0 aromatic heterocycles. The zero-order valence-corrected chi connectivity index (χ0v) is 10.8. The molecule has 1 amide bonds. The normalized spacial score (nSPS) is 25.9. The number of hydrogen-bond donors (Lipinski definition) is 1. The number of hydrogen-bond acceptors (Lipinski definition) is 3. The van der Waals surface area contributed by atoms with Crippen LogP contribution in [0, 0.1) is 0 Å². The van der Waals surface area contributed by atoms with Crippen molar-refractivity contribution in [3.63, 3.8) is 0 Å². The van der Waals surface area contributed by atoms with E-state index in [0.29, 0.717) is 12.1 Å². The fourth-order valence-electron chi connectivity index (χ4n) is 2.84. The van der Waals surface area contributed by atoms with Crippen LogP contribution in [0.15, 0.2) is 0 Å². The molecule has 17 heavy (non-hydrogen) atoms. The minimum Gasteiger partial charge on any atom is -0.395 e. The summed E-state index contributed by atoms with van der Waals surface area (Å²) in [7, 11) is 0. The Morgan fingerprint density at radius 1 is 1.35 bits per heavy atom. The summed E-state index contributed by atoms with van der Waals surface area (Å²) in [5, 5.41) is 9.08. The second-order valence-electron chi connectivity index (χ2n) is 5.31. The lowest BCUT2D eigenvalue weighted by atomic mass is 10.0. The number of nitrogens with zero attached hydrogens (tertiary/aromatic N) is 2. The van der Waals surface area contributed by atoms with Gasteiger partial charge >= 0.3 is 0 Å². The first-order valence-corrected chi connectivity index (χ1v) is 6.84. The maximum absolute atomic E-state index is 11.6. The first-order valence-electron chi connectivity index (χ1n) is 6.84. The Hall–Kier alpha value is -0.610. The molecule has 1 N–H and O–H groups in total. The van der Waals surface area contributed by atoms with Gasteiger partial charge in [-0.1, -0.05) is 6.42 Å². The van der Waals surface area contributed by atoms with Gasteiger partial charge in [0.2, 0.25) is 5.91 Å². The molecule has 0 bridgehead atoms. The van der Waals surface area contributed by atoms with E-state index in [9.17, 15) is 4.79 Å². The quantitative estimate of drug-likeness (QED) is 0.774. The predicted molar refractivity (Wildman–Crippen MR) is 66.7 cm³/mol. The molecule has 98 valence electrons. The maximum Gasteiger partial charge on any atom is 0.219 e. The van der Waals surface area contributed by atoms with Crippen LogP contribution in [-0.2, 0) is 4.79 Å². The van der Waals surface area contributed by atoms with Crippen molar-refractivity contribution in [3.8, 4) is 0 Å². The van der Waals surface area contributed by atoms with Crippen molar-refractivity contribution in [1.82, 2.24) is 9.80 Å². The average Bonchev–Trinajstić information content (AvgIpc) is 3.12. The molecule has 1 aliphatic carbocycles. The van der Waals surface area contributed by atoms with Gasteiger partial charge in [-0.15, -0.1) is 0 Å². The van der Waals surface area contributed by atoms with Crippen LogP contribution in [0.25, 0.3) is 0 Å². The van der Waals surface area contributed by atoms with Crippen LogP contribution in [0.5, 0.6) is 0 Å². The number of amides is 1. The highest BCUT2D eigenvalue weighted by atomic mass is 16.3. The molecule has 0 aromatic rings. The summed E-state index contributed by atoms with van der Waals surface area (Å²) in [6.45, 7) is 4.58. The summed E-state index contributed by atoms with van der Waals surface area (Å²) in [6, 6.07) is 0.964. The molecule has 0 spiro atoms. The van der Waals surface area contributed by atoms with E-state index in [0.717, 1.165) is 26.1 Å². The fraction of sp³-hybridized carbons (Fsp3) is 0.923. The van der Waals surface area contributed by atoms with Crippen molar-refractivity contribution in [2.24, 2.45) is 0 Å². The van der Waals surface area contributed by atoms with Crippen molar-refractivity contribution >= 4 is 5.91 Å². The van der Waals surface area contributed by atoms with E-state index in [1.54, 1.807) is 6.92 Å². The summed E-state index contributed by atoms with van der Waals surface area (Å²) in [5.74, 6) is 0.210. The third kappa shape index (κ3) is 3.42. The number of likely N-dealkylation sites (tertiary alicyclic amines) is 1. The Balaban J connectivity index is 1.91. The van der Waals surface area contributed by atoms with Crippen LogP contribution in [0.3, 0.4) is 0 Å². The Bertz CT molecular complexity index is 264. The monoisotopic (exact) mass is 240 g/mol. The van der Waals surface area contributed by atoms with Gasteiger partial charge in [0.15, 0.2) is 0 Å². The van der Waals surface area contributed by atoms with Gasteiger partial charge in [-0.2, -0.15) is 0 Å². The predicted octanol–water partition coefficient (Wildman–Crippen LogP) is 0.844. The van der Waals surface area contributed by atoms with Gasteiger partial charge in [0.05, 0.1) is 6.61 Å². The van der Waals surface area contributed by atoms with Crippen molar-refractivity contribution < 1.29 is 9.90 Å². The molecule has 2 fully saturated rings. The summed E-state index contributed by atoms with van der Waals surface area (Å²) < 4.78 is 0. The highest BCUT2D eigenvalue weighted by Crippen LogP contribution is 2.28. The summed E-state index contributed by atoms with van der Waals surface area (Å²) in [6.07, 6.45) is 5.98. The van der Waals surface area contributed by atoms with E-state index in [2.05, 4.69) is 4.90 Å². The number of piperidine rings is 1. The Morgan fingerprint density at radius 2 is 2.12 bits per heavy atom.